The van der Waals surface area contributed by atoms with E-state index in [1.807, 2.05) is 24.3 Å². The molecular weight excluding hydrogens is 412 g/mol. The molecule has 2 aromatic carbocycles. The molecule has 0 aliphatic heterocycles. The molecule has 0 saturated heterocycles. The van der Waals surface area contributed by atoms with Crippen molar-refractivity contribution in [2.45, 2.75) is 6.54 Å². The van der Waals surface area contributed by atoms with Gasteiger partial charge < -0.3 is 5.32 Å². The summed E-state index contributed by atoms with van der Waals surface area (Å²) in [6.45, 7) is 0.590. The van der Waals surface area contributed by atoms with Gasteiger partial charge in [-0.1, -0.05) is 40.2 Å². The lowest BCUT2D eigenvalue weighted by atomic mass is 10.2. The number of hydrogen-bond acceptors (Lipinski definition) is 4. The van der Waals surface area contributed by atoms with E-state index in [9.17, 15) is 14.9 Å². The van der Waals surface area contributed by atoms with Gasteiger partial charge in [-0.25, -0.2) is 0 Å². The molecule has 136 valence electrons. The molecule has 0 unspecified atom stereocenters. The van der Waals surface area contributed by atoms with Crippen molar-refractivity contribution in [2.75, 3.05) is 5.32 Å². The third-order valence-corrected chi connectivity index (χ3v) is 4.20. The highest BCUT2D eigenvalue weighted by molar-refractivity contribution is 9.10. The number of nitrogens with one attached hydrogen (secondary N) is 1. The van der Waals surface area contributed by atoms with Crippen LogP contribution in [-0.2, 0) is 11.3 Å². The Kier molecular flexibility index (Phi) is 5.77. The van der Waals surface area contributed by atoms with E-state index in [0.717, 1.165) is 10.0 Å². The summed E-state index contributed by atoms with van der Waals surface area (Å²) >= 11 is 3.39. The zero-order chi connectivity index (χ0) is 19.2. The molecule has 8 heteroatoms. The molecule has 0 aliphatic rings. The van der Waals surface area contributed by atoms with E-state index in [4.69, 9.17) is 0 Å². The zero-order valence-electron chi connectivity index (χ0n) is 14.1. The lowest BCUT2D eigenvalue weighted by Crippen LogP contribution is -2.07. The number of halogens is 1. The van der Waals surface area contributed by atoms with Crippen LogP contribution in [0.15, 0.2) is 71.5 Å². The van der Waals surface area contributed by atoms with E-state index in [1.165, 1.54) is 24.3 Å². The number of nitrogens with zero attached hydrogens (tertiary/aromatic N) is 3. The third kappa shape index (κ3) is 5.35. The first kappa shape index (κ1) is 18.5. The van der Waals surface area contributed by atoms with Crippen LogP contribution in [0.25, 0.3) is 6.08 Å². The second kappa shape index (κ2) is 8.41. The number of nitro benzene ring substituents is 1. The number of aromatic nitrogens is 2. The summed E-state index contributed by atoms with van der Waals surface area (Å²) in [5.74, 6) is -0.343. The van der Waals surface area contributed by atoms with Gasteiger partial charge in [0.2, 0.25) is 5.91 Å². The Morgan fingerprint density at radius 1 is 1.26 bits per heavy atom. The molecule has 7 nitrogen and oxygen atoms in total. The van der Waals surface area contributed by atoms with E-state index < -0.39 is 4.92 Å². The van der Waals surface area contributed by atoms with Crippen molar-refractivity contribution in [1.29, 1.82) is 0 Å². The van der Waals surface area contributed by atoms with Crippen molar-refractivity contribution in [3.8, 4) is 0 Å². The molecule has 3 rings (SSSR count). The van der Waals surface area contributed by atoms with E-state index in [-0.39, 0.29) is 11.6 Å². The fraction of sp³-hybridized carbons (Fsp3) is 0.0526. The molecule has 0 aliphatic carbocycles. The minimum Gasteiger partial charge on any atom is -0.320 e. The first-order chi connectivity index (χ1) is 13.0. The Hall–Kier alpha value is -3.26. The van der Waals surface area contributed by atoms with Crippen LogP contribution < -0.4 is 5.32 Å². The van der Waals surface area contributed by atoms with Gasteiger partial charge in [0.05, 0.1) is 23.4 Å². The Balaban J connectivity index is 1.59. The highest BCUT2D eigenvalue weighted by Gasteiger charge is 2.05. The van der Waals surface area contributed by atoms with Crippen molar-refractivity contribution in [3.05, 3.63) is 92.7 Å². The number of anilines is 1. The minimum atomic E-state index is -0.475. The average molecular weight is 427 g/mol. The zero-order valence-corrected chi connectivity index (χ0v) is 15.7. The highest BCUT2D eigenvalue weighted by Crippen LogP contribution is 2.15. The van der Waals surface area contributed by atoms with E-state index in [1.54, 1.807) is 29.2 Å². The van der Waals surface area contributed by atoms with Gasteiger partial charge in [0.15, 0.2) is 0 Å². The Morgan fingerprint density at radius 2 is 2.04 bits per heavy atom. The van der Waals surface area contributed by atoms with Gasteiger partial charge in [-0.05, 0) is 29.3 Å². The van der Waals surface area contributed by atoms with E-state index >= 15 is 0 Å². The third-order valence-electron chi connectivity index (χ3n) is 3.67. The largest absolute Gasteiger partial charge is 0.320 e. The molecule has 1 N–H and O–H groups in total. The molecule has 0 atom stereocenters. The summed E-state index contributed by atoms with van der Waals surface area (Å²) in [5, 5.41) is 17.7. The molecular formula is C19H15BrN4O3. The maximum absolute atomic E-state index is 12.0. The first-order valence-corrected chi connectivity index (χ1v) is 8.79. The molecule has 1 amide bonds. The van der Waals surface area contributed by atoms with E-state index in [0.29, 0.717) is 17.8 Å². The van der Waals surface area contributed by atoms with Gasteiger partial charge in [0, 0.05) is 28.9 Å². The number of carbonyl (C=O) groups is 1. The van der Waals surface area contributed by atoms with Gasteiger partial charge in [-0.3, -0.25) is 19.6 Å². The molecule has 3 aromatic rings. The highest BCUT2D eigenvalue weighted by atomic mass is 79.9. The summed E-state index contributed by atoms with van der Waals surface area (Å²) in [7, 11) is 0. The Morgan fingerprint density at radius 3 is 2.78 bits per heavy atom. The number of amides is 1. The molecule has 0 spiro atoms. The second-order valence-electron chi connectivity index (χ2n) is 5.73. The monoisotopic (exact) mass is 426 g/mol. The summed E-state index contributed by atoms with van der Waals surface area (Å²) < 4.78 is 2.73. The normalized spacial score (nSPS) is 10.9. The quantitative estimate of drug-likeness (QED) is 0.362. The van der Waals surface area contributed by atoms with Crippen molar-refractivity contribution in [2.24, 2.45) is 0 Å². The lowest BCUT2D eigenvalue weighted by molar-refractivity contribution is -0.384. The number of non-ortho nitro benzene ring substituents is 1. The maximum Gasteiger partial charge on any atom is 0.270 e. The number of rotatable bonds is 6. The molecule has 27 heavy (non-hydrogen) atoms. The molecule has 0 saturated carbocycles. The molecule has 1 heterocycles. The number of nitro groups is 1. The smallest absolute Gasteiger partial charge is 0.270 e. The minimum absolute atomic E-state index is 0.0215. The molecule has 1 aromatic heterocycles. The SMILES string of the molecule is O=C(/C=C/c1cccc([N+](=O)[O-])c1)Nc1cnn(Cc2ccc(Br)cc2)c1. The Labute approximate surface area is 163 Å². The number of benzene rings is 2. The molecule has 0 fully saturated rings. The lowest BCUT2D eigenvalue weighted by Gasteiger charge is -2.02. The topological polar surface area (TPSA) is 90.1 Å². The fourth-order valence-corrected chi connectivity index (χ4v) is 2.65. The van der Waals surface area contributed by atoms with Gasteiger partial charge in [-0.2, -0.15) is 5.10 Å². The number of hydrogen-bond donors (Lipinski definition) is 1. The van der Waals surface area contributed by atoms with Crippen LogP contribution in [0.3, 0.4) is 0 Å². The van der Waals surface area contributed by atoms with Crippen LogP contribution >= 0.6 is 15.9 Å². The fourth-order valence-electron chi connectivity index (χ4n) is 2.39. The second-order valence-corrected chi connectivity index (χ2v) is 6.64. The van der Waals surface area contributed by atoms with Crippen molar-refractivity contribution >= 4 is 39.3 Å². The number of carbonyl (C=O) groups excluding carboxylic acids is 1. The van der Waals surface area contributed by atoms with E-state index in [2.05, 4.69) is 26.3 Å². The van der Waals surface area contributed by atoms with Crippen LogP contribution in [0.2, 0.25) is 0 Å². The van der Waals surface area contributed by atoms with Gasteiger partial charge in [0.1, 0.15) is 0 Å². The molecule has 0 bridgehead atoms. The summed E-state index contributed by atoms with van der Waals surface area (Å²) in [6, 6.07) is 14.0. The van der Waals surface area contributed by atoms with Gasteiger partial charge in [0.25, 0.3) is 5.69 Å². The van der Waals surface area contributed by atoms with Gasteiger partial charge >= 0.3 is 0 Å². The standard InChI is InChI=1S/C19H15BrN4O3/c20-16-7-4-15(5-8-16)12-23-13-17(11-21-23)22-19(25)9-6-14-2-1-3-18(10-14)24(26)27/h1-11,13H,12H2,(H,22,25)/b9-6+. The van der Waals surface area contributed by atoms with Crippen LogP contribution in [0.5, 0.6) is 0 Å². The van der Waals surface area contributed by atoms with Crippen molar-refractivity contribution < 1.29 is 9.72 Å². The van der Waals surface area contributed by atoms with Crippen LogP contribution in [0.4, 0.5) is 11.4 Å². The predicted molar refractivity (Wildman–Crippen MR) is 106 cm³/mol. The average Bonchev–Trinajstić information content (AvgIpc) is 3.09. The summed E-state index contributed by atoms with van der Waals surface area (Å²) in [5.41, 5.74) is 2.21. The predicted octanol–water partition coefficient (Wildman–Crippen LogP) is 4.25. The van der Waals surface area contributed by atoms with Crippen LogP contribution in [0.1, 0.15) is 11.1 Å². The molecule has 0 radical (unpaired) electrons. The summed E-state index contributed by atoms with van der Waals surface area (Å²) in [6.07, 6.45) is 6.15. The van der Waals surface area contributed by atoms with Crippen molar-refractivity contribution in [3.63, 3.8) is 0 Å². The maximum atomic E-state index is 12.0. The first-order valence-electron chi connectivity index (χ1n) is 8.00. The van der Waals surface area contributed by atoms with Gasteiger partial charge in [-0.15, -0.1) is 0 Å². The van der Waals surface area contributed by atoms with Crippen LogP contribution in [0, 0.1) is 10.1 Å². The van der Waals surface area contributed by atoms with Crippen molar-refractivity contribution in [1.82, 2.24) is 9.78 Å². The Bertz CT molecular complexity index is 996. The van der Waals surface area contributed by atoms with Crippen LogP contribution in [-0.4, -0.2) is 20.6 Å². The summed E-state index contributed by atoms with van der Waals surface area (Å²) in [4.78, 5) is 22.3.